The van der Waals surface area contributed by atoms with Gasteiger partial charge in [0, 0.05) is 66.3 Å². The summed E-state index contributed by atoms with van der Waals surface area (Å²) >= 11 is 0. The lowest BCUT2D eigenvalue weighted by molar-refractivity contribution is 0.670. The molecule has 0 radical (unpaired) electrons. The molecule has 0 fully saturated rings. The van der Waals surface area contributed by atoms with Gasteiger partial charge >= 0.3 is 0 Å². The maximum atomic E-state index is 6.46. The van der Waals surface area contributed by atoms with E-state index >= 15 is 0 Å². The number of para-hydroxylation sites is 6. The van der Waals surface area contributed by atoms with Crippen molar-refractivity contribution in [3.8, 4) is 55.9 Å². The van der Waals surface area contributed by atoms with Gasteiger partial charge < -0.3 is 18.5 Å². The summed E-state index contributed by atoms with van der Waals surface area (Å²) in [5.41, 5.74) is 21.2. The number of fused-ring (bicyclic) bond motifs is 9. The number of aromatic nitrogens is 2. The maximum Gasteiger partial charge on any atom is 0.143 e. The largest absolute Gasteiger partial charge is 0.455 e. The summed E-state index contributed by atoms with van der Waals surface area (Å²) in [6, 6.07) is 103. The van der Waals surface area contributed by atoms with E-state index in [1.165, 1.54) is 43.6 Å². The Morgan fingerprint density at radius 2 is 0.605 bits per heavy atom. The molecular formula is C72H47N3O. The fourth-order valence-electron chi connectivity index (χ4n) is 11.7. The molecule has 0 N–H and O–H groups in total. The smallest absolute Gasteiger partial charge is 0.143 e. The second kappa shape index (κ2) is 17.8. The minimum Gasteiger partial charge on any atom is -0.455 e. The van der Waals surface area contributed by atoms with Crippen molar-refractivity contribution >= 4 is 82.6 Å². The molecule has 0 atom stereocenters. The van der Waals surface area contributed by atoms with Crippen LogP contribution in [0.5, 0.6) is 0 Å². The van der Waals surface area contributed by atoms with Gasteiger partial charge in [-0.2, -0.15) is 0 Å². The molecule has 3 heterocycles. The van der Waals surface area contributed by atoms with Crippen molar-refractivity contribution in [2.45, 2.75) is 0 Å². The molecule has 0 aliphatic rings. The first-order valence-electron chi connectivity index (χ1n) is 26.0. The molecule has 3 aromatic heterocycles. The van der Waals surface area contributed by atoms with Gasteiger partial charge in [-0.3, -0.25) is 0 Å². The third-order valence-corrected chi connectivity index (χ3v) is 15.3. The molecule has 0 aliphatic carbocycles. The molecule has 0 saturated heterocycles. The molecule has 4 nitrogen and oxygen atoms in total. The molecule has 12 aromatic carbocycles. The zero-order chi connectivity index (χ0) is 50.1. The van der Waals surface area contributed by atoms with Gasteiger partial charge in [-0.15, -0.1) is 0 Å². The summed E-state index contributed by atoms with van der Waals surface area (Å²) in [5.74, 6) is 0. The normalized spacial score (nSPS) is 11.7. The Bertz CT molecular complexity index is 4380. The van der Waals surface area contributed by atoms with Crippen molar-refractivity contribution in [1.82, 2.24) is 9.13 Å². The SMILES string of the molecule is c1cc(-c2ccc(N(c3ccc(-c4cccc(-n5c6ccccc6c6ccccc65)c4)cc3)c3ccc(-c4cccc(-n5c6ccccc6c6ccccc65)c4)cc3)cc2)cc(-c2cccc3c2oc2ccccc23)c1. The Balaban J connectivity index is 0.793. The van der Waals surface area contributed by atoms with Gasteiger partial charge in [-0.25, -0.2) is 0 Å². The summed E-state index contributed by atoms with van der Waals surface area (Å²) in [6.07, 6.45) is 0. The summed E-state index contributed by atoms with van der Waals surface area (Å²) in [6.45, 7) is 0. The van der Waals surface area contributed by atoms with Crippen molar-refractivity contribution in [1.29, 1.82) is 0 Å². The lowest BCUT2D eigenvalue weighted by Crippen LogP contribution is -2.09. The van der Waals surface area contributed by atoms with Gasteiger partial charge in [0.05, 0.1) is 22.1 Å². The zero-order valence-electron chi connectivity index (χ0n) is 41.4. The van der Waals surface area contributed by atoms with E-state index in [1.54, 1.807) is 0 Å². The average molecular weight is 970 g/mol. The lowest BCUT2D eigenvalue weighted by atomic mass is 9.97. The van der Waals surface area contributed by atoms with E-state index < -0.39 is 0 Å². The Morgan fingerprint density at radius 3 is 1.07 bits per heavy atom. The van der Waals surface area contributed by atoms with Crippen LogP contribution in [-0.2, 0) is 0 Å². The highest BCUT2D eigenvalue weighted by molar-refractivity contribution is 6.11. The molecule has 0 aliphatic heterocycles. The summed E-state index contributed by atoms with van der Waals surface area (Å²) in [7, 11) is 0. The van der Waals surface area contributed by atoms with Gasteiger partial charge in [-0.05, 0) is 136 Å². The number of furan rings is 1. The Kier molecular flexibility index (Phi) is 10.2. The number of hydrogen-bond donors (Lipinski definition) is 0. The van der Waals surface area contributed by atoms with Crippen molar-refractivity contribution in [3.05, 3.63) is 285 Å². The Labute approximate surface area is 439 Å². The number of rotatable bonds is 9. The first kappa shape index (κ1) is 43.4. The van der Waals surface area contributed by atoms with E-state index in [9.17, 15) is 0 Å². The lowest BCUT2D eigenvalue weighted by Gasteiger charge is -2.26. The summed E-state index contributed by atoms with van der Waals surface area (Å²) in [5, 5.41) is 7.29. The molecule has 0 spiro atoms. The average Bonchev–Trinajstić information content (AvgIpc) is 4.20. The molecule has 0 bridgehead atoms. The quantitative estimate of drug-likeness (QED) is 0.144. The fraction of sp³-hybridized carbons (Fsp3) is 0. The first-order valence-corrected chi connectivity index (χ1v) is 26.0. The standard InChI is InChI=1S/C72H47N3O/c1-6-28-67-61(21-1)62-22-2-7-29-68(62)74(67)58-19-12-16-52(46-58)49-35-41-56(42-36-49)73(55-39-33-48(34-40-55)51-15-11-18-54(45-51)60-26-14-27-66-65-25-5-10-32-71(65)76-72(60)66)57-43-37-50(38-44-57)53-17-13-20-59(47-53)75-69-30-8-3-23-63(69)64-24-4-9-31-70(64)75/h1-47H. The minimum absolute atomic E-state index is 0.903. The van der Waals surface area contributed by atoms with Gasteiger partial charge in [0.2, 0.25) is 0 Å². The van der Waals surface area contributed by atoms with Crippen molar-refractivity contribution in [3.63, 3.8) is 0 Å². The molecule has 0 unspecified atom stereocenters. The maximum absolute atomic E-state index is 6.46. The Hall–Kier alpha value is -10.2. The van der Waals surface area contributed by atoms with E-state index in [-0.39, 0.29) is 0 Å². The Morgan fingerprint density at radius 1 is 0.250 bits per heavy atom. The van der Waals surface area contributed by atoms with Crippen LogP contribution in [-0.4, -0.2) is 9.13 Å². The first-order chi connectivity index (χ1) is 37.7. The third-order valence-electron chi connectivity index (χ3n) is 15.3. The molecular weight excluding hydrogens is 923 g/mol. The van der Waals surface area contributed by atoms with Crippen LogP contribution in [0.3, 0.4) is 0 Å². The van der Waals surface area contributed by atoms with Crippen LogP contribution in [0.25, 0.3) is 121 Å². The number of benzene rings is 12. The fourth-order valence-corrected chi connectivity index (χ4v) is 11.7. The highest BCUT2D eigenvalue weighted by Gasteiger charge is 2.18. The minimum atomic E-state index is 0.903. The predicted molar refractivity (Wildman–Crippen MR) is 319 cm³/mol. The van der Waals surface area contributed by atoms with Crippen LogP contribution in [0, 0.1) is 0 Å². The van der Waals surface area contributed by atoms with Crippen LogP contribution >= 0.6 is 0 Å². The molecule has 356 valence electrons. The molecule has 0 saturated carbocycles. The predicted octanol–water partition coefficient (Wildman–Crippen LogP) is 19.9. The monoisotopic (exact) mass is 969 g/mol. The number of nitrogens with zero attached hydrogens (tertiary/aromatic N) is 3. The topological polar surface area (TPSA) is 26.2 Å². The highest BCUT2D eigenvalue weighted by atomic mass is 16.3. The van der Waals surface area contributed by atoms with Crippen LogP contribution in [0.4, 0.5) is 17.1 Å². The van der Waals surface area contributed by atoms with Crippen LogP contribution < -0.4 is 4.90 Å². The van der Waals surface area contributed by atoms with Gasteiger partial charge in [0.25, 0.3) is 0 Å². The molecule has 4 heteroatoms. The third kappa shape index (κ3) is 7.22. The molecule has 0 amide bonds. The second-order valence-corrected chi connectivity index (χ2v) is 19.7. The van der Waals surface area contributed by atoms with Crippen LogP contribution in [0.1, 0.15) is 0 Å². The van der Waals surface area contributed by atoms with E-state index in [4.69, 9.17) is 4.42 Å². The van der Waals surface area contributed by atoms with Crippen LogP contribution in [0.15, 0.2) is 290 Å². The van der Waals surface area contributed by atoms with Gasteiger partial charge in [0.1, 0.15) is 11.2 Å². The molecule has 15 rings (SSSR count). The van der Waals surface area contributed by atoms with Crippen molar-refractivity contribution in [2.24, 2.45) is 0 Å². The zero-order valence-corrected chi connectivity index (χ0v) is 41.4. The van der Waals surface area contributed by atoms with Gasteiger partial charge in [0.15, 0.2) is 0 Å². The molecule has 15 aromatic rings. The summed E-state index contributed by atoms with van der Waals surface area (Å²) < 4.78 is 11.2. The van der Waals surface area contributed by atoms with E-state index in [0.29, 0.717) is 0 Å². The second-order valence-electron chi connectivity index (χ2n) is 19.7. The van der Waals surface area contributed by atoms with Crippen molar-refractivity contribution < 1.29 is 4.42 Å². The summed E-state index contributed by atoms with van der Waals surface area (Å²) in [4.78, 5) is 2.36. The van der Waals surface area contributed by atoms with E-state index in [1.807, 2.05) is 12.1 Å². The van der Waals surface area contributed by atoms with E-state index in [2.05, 4.69) is 287 Å². The highest BCUT2D eigenvalue weighted by Crippen LogP contribution is 2.41. The molecule has 76 heavy (non-hydrogen) atoms. The number of anilines is 3. The van der Waals surface area contributed by atoms with Crippen molar-refractivity contribution in [2.75, 3.05) is 4.90 Å². The number of hydrogen-bond acceptors (Lipinski definition) is 2. The van der Waals surface area contributed by atoms with Gasteiger partial charge in [-0.1, -0.05) is 188 Å². The van der Waals surface area contributed by atoms with E-state index in [0.717, 1.165) is 94.9 Å². The van der Waals surface area contributed by atoms with Crippen LogP contribution in [0.2, 0.25) is 0 Å².